The van der Waals surface area contributed by atoms with E-state index in [4.69, 9.17) is 4.74 Å². The Bertz CT molecular complexity index is 1190. The van der Waals surface area contributed by atoms with Crippen LogP contribution in [0.15, 0.2) is 59.3 Å². The summed E-state index contributed by atoms with van der Waals surface area (Å²) in [5.74, 6) is 0.319. The molecule has 0 unspecified atom stereocenters. The van der Waals surface area contributed by atoms with Gasteiger partial charge in [-0.15, -0.1) is 11.3 Å². The molecule has 29 heavy (non-hydrogen) atoms. The van der Waals surface area contributed by atoms with E-state index >= 15 is 0 Å². The summed E-state index contributed by atoms with van der Waals surface area (Å²) in [5.41, 5.74) is 3.82. The van der Waals surface area contributed by atoms with Crippen LogP contribution in [0.25, 0.3) is 10.2 Å². The first-order valence-electron chi connectivity index (χ1n) is 9.01. The van der Waals surface area contributed by atoms with Crippen LogP contribution >= 0.6 is 27.3 Å². The van der Waals surface area contributed by atoms with Gasteiger partial charge < -0.3 is 10.1 Å². The SMILES string of the molecule is Cc1ccc(Nc2ncnc3sc(C(=O)OCc4ccccc4)c(C)c23)cc1Br. The Labute approximate surface area is 180 Å². The third kappa shape index (κ3) is 4.16. The monoisotopic (exact) mass is 467 g/mol. The zero-order valence-electron chi connectivity index (χ0n) is 15.9. The summed E-state index contributed by atoms with van der Waals surface area (Å²) in [5, 5.41) is 4.17. The predicted molar refractivity (Wildman–Crippen MR) is 120 cm³/mol. The van der Waals surface area contributed by atoms with Gasteiger partial charge >= 0.3 is 5.97 Å². The number of esters is 1. The lowest BCUT2D eigenvalue weighted by Gasteiger charge is -2.09. The van der Waals surface area contributed by atoms with Gasteiger partial charge in [-0.3, -0.25) is 0 Å². The highest BCUT2D eigenvalue weighted by Crippen LogP contribution is 2.35. The summed E-state index contributed by atoms with van der Waals surface area (Å²) in [4.78, 5) is 22.7. The number of carbonyl (C=O) groups excluding carboxylic acids is 1. The fourth-order valence-corrected chi connectivity index (χ4v) is 4.38. The highest BCUT2D eigenvalue weighted by atomic mass is 79.9. The molecule has 5 nitrogen and oxygen atoms in total. The highest BCUT2D eigenvalue weighted by molar-refractivity contribution is 9.10. The molecule has 0 saturated carbocycles. The van der Waals surface area contributed by atoms with Crippen molar-refractivity contribution in [2.45, 2.75) is 20.5 Å². The molecule has 0 radical (unpaired) electrons. The van der Waals surface area contributed by atoms with Gasteiger partial charge in [0.2, 0.25) is 0 Å². The van der Waals surface area contributed by atoms with Crippen LogP contribution in [0, 0.1) is 13.8 Å². The number of thiophene rings is 1. The van der Waals surface area contributed by atoms with Crippen molar-refractivity contribution in [2.24, 2.45) is 0 Å². The van der Waals surface area contributed by atoms with Crippen LogP contribution in [0.1, 0.15) is 26.4 Å². The van der Waals surface area contributed by atoms with Gasteiger partial charge in [-0.25, -0.2) is 14.8 Å². The van der Waals surface area contributed by atoms with Crippen molar-refractivity contribution in [2.75, 3.05) is 5.32 Å². The number of nitrogens with one attached hydrogen (secondary N) is 1. The summed E-state index contributed by atoms with van der Waals surface area (Å²) in [6, 6.07) is 15.6. The van der Waals surface area contributed by atoms with Crippen molar-refractivity contribution in [1.29, 1.82) is 0 Å². The van der Waals surface area contributed by atoms with E-state index < -0.39 is 0 Å². The number of anilines is 2. The predicted octanol–water partition coefficient (Wildman–Crippen LogP) is 6.17. The van der Waals surface area contributed by atoms with E-state index in [-0.39, 0.29) is 12.6 Å². The molecule has 1 N–H and O–H groups in total. The number of hydrogen-bond donors (Lipinski definition) is 1. The molecule has 4 rings (SSSR count). The standard InChI is InChI=1S/C22H18BrN3O2S/c1-13-8-9-16(10-17(13)23)26-20-18-14(2)19(29-21(18)25-12-24-20)22(27)28-11-15-6-4-3-5-7-15/h3-10,12H,11H2,1-2H3,(H,24,25,26). The molecule has 0 amide bonds. The Morgan fingerprint density at radius 3 is 2.69 bits per heavy atom. The maximum atomic E-state index is 12.7. The Hall–Kier alpha value is -2.77. The number of aryl methyl sites for hydroxylation is 2. The zero-order valence-corrected chi connectivity index (χ0v) is 18.3. The number of benzene rings is 2. The van der Waals surface area contributed by atoms with Crippen LogP contribution in [0.3, 0.4) is 0 Å². The molecule has 146 valence electrons. The minimum atomic E-state index is -0.349. The van der Waals surface area contributed by atoms with Gasteiger partial charge in [0.25, 0.3) is 0 Å². The quantitative estimate of drug-likeness (QED) is 0.355. The van der Waals surface area contributed by atoms with E-state index in [1.54, 1.807) is 0 Å². The van der Waals surface area contributed by atoms with Gasteiger partial charge in [0.15, 0.2) is 0 Å². The Morgan fingerprint density at radius 2 is 1.93 bits per heavy atom. The number of carbonyl (C=O) groups is 1. The average Bonchev–Trinajstić information content (AvgIpc) is 3.07. The van der Waals surface area contributed by atoms with Crippen molar-refractivity contribution in [3.63, 3.8) is 0 Å². The lowest BCUT2D eigenvalue weighted by atomic mass is 10.2. The van der Waals surface area contributed by atoms with E-state index in [9.17, 15) is 4.79 Å². The first kappa shape index (κ1) is 19.5. The number of ether oxygens (including phenoxy) is 1. The van der Waals surface area contributed by atoms with Crippen LogP contribution in [-0.2, 0) is 11.3 Å². The summed E-state index contributed by atoms with van der Waals surface area (Å²) in [6.45, 7) is 4.17. The second kappa shape index (κ2) is 8.31. The van der Waals surface area contributed by atoms with Gasteiger partial charge in [-0.1, -0.05) is 52.3 Å². The van der Waals surface area contributed by atoms with Crippen LogP contribution in [-0.4, -0.2) is 15.9 Å². The van der Waals surface area contributed by atoms with Crippen LogP contribution < -0.4 is 5.32 Å². The lowest BCUT2D eigenvalue weighted by molar-refractivity contribution is 0.0478. The van der Waals surface area contributed by atoms with Gasteiger partial charge in [0, 0.05) is 10.2 Å². The molecular weight excluding hydrogens is 450 g/mol. The normalized spacial score (nSPS) is 10.9. The van der Waals surface area contributed by atoms with Crippen molar-refractivity contribution in [3.05, 3.63) is 80.9 Å². The third-order valence-corrected chi connectivity index (χ3v) is 6.59. The molecule has 4 aromatic rings. The molecule has 0 aliphatic carbocycles. The van der Waals surface area contributed by atoms with Gasteiger partial charge in [-0.05, 0) is 42.7 Å². The van der Waals surface area contributed by atoms with E-state index in [2.05, 4.69) is 31.2 Å². The number of fused-ring (bicyclic) bond motifs is 1. The Kier molecular flexibility index (Phi) is 5.60. The molecule has 0 spiro atoms. The van der Waals surface area contributed by atoms with Gasteiger partial charge in [-0.2, -0.15) is 0 Å². The first-order valence-corrected chi connectivity index (χ1v) is 10.6. The molecule has 0 aliphatic rings. The second-order valence-electron chi connectivity index (χ2n) is 6.61. The molecule has 2 aromatic heterocycles. The molecule has 0 aliphatic heterocycles. The molecule has 2 aromatic carbocycles. The lowest BCUT2D eigenvalue weighted by Crippen LogP contribution is -2.04. The zero-order chi connectivity index (χ0) is 20.4. The Morgan fingerprint density at radius 1 is 1.14 bits per heavy atom. The van der Waals surface area contributed by atoms with Gasteiger partial charge in [0.1, 0.15) is 28.5 Å². The summed E-state index contributed by atoms with van der Waals surface area (Å²) in [6.07, 6.45) is 1.50. The van der Waals surface area contributed by atoms with Crippen molar-refractivity contribution in [1.82, 2.24) is 9.97 Å². The minimum Gasteiger partial charge on any atom is -0.457 e. The minimum absolute atomic E-state index is 0.238. The number of halogens is 1. The van der Waals surface area contributed by atoms with E-state index in [0.29, 0.717) is 10.7 Å². The molecule has 0 saturated heterocycles. The third-order valence-electron chi connectivity index (χ3n) is 4.56. The molecule has 0 fully saturated rings. The van der Waals surface area contributed by atoms with Crippen LogP contribution in [0.4, 0.5) is 11.5 Å². The molecule has 0 atom stereocenters. The van der Waals surface area contributed by atoms with Gasteiger partial charge in [0.05, 0.1) is 5.39 Å². The van der Waals surface area contributed by atoms with E-state index in [0.717, 1.165) is 37.1 Å². The van der Waals surface area contributed by atoms with E-state index in [1.807, 2.05) is 62.4 Å². The van der Waals surface area contributed by atoms with Crippen molar-refractivity contribution >= 4 is 55.0 Å². The summed E-state index contributed by atoms with van der Waals surface area (Å²) in [7, 11) is 0. The Balaban J connectivity index is 1.62. The average molecular weight is 468 g/mol. The van der Waals surface area contributed by atoms with Crippen LogP contribution in [0.2, 0.25) is 0 Å². The van der Waals surface area contributed by atoms with Crippen LogP contribution in [0.5, 0.6) is 0 Å². The second-order valence-corrected chi connectivity index (χ2v) is 8.46. The molecular formula is C22H18BrN3O2S. The van der Waals surface area contributed by atoms with E-state index in [1.165, 1.54) is 17.7 Å². The largest absolute Gasteiger partial charge is 0.457 e. The number of rotatable bonds is 5. The number of nitrogens with zero attached hydrogens (tertiary/aromatic N) is 2. The molecule has 0 bridgehead atoms. The summed E-state index contributed by atoms with van der Waals surface area (Å²) < 4.78 is 6.52. The number of aromatic nitrogens is 2. The van der Waals surface area contributed by atoms with Crippen molar-refractivity contribution in [3.8, 4) is 0 Å². The smallest absolute Gasteiger partial charge is 0.349 e. The maximum absolute atomic E-state index is 12.7. The topological polar surface area (TPSA) is 64.1 Å². The number of hydrogen-bond acceptors (Lipinski definition) is 6. The molecule has 7 heteroatoms. The first-order chi connectivity index (χ1) is 14.0. The highest BCUT2D eigenvalue weighted by Gasteiger charge is 2.20. The van der Waals surface area contributed by atoms with Crippen molar-refractivity contribution < 1.29 is 9.53 Å². The fourth-order valence-electron chi connectivity index (χ4n) is 2.96. The fraction of sp³-hybridized carbons (Fsp3) is 0.136. The summed E-state index contributed by atoms with van der Waals surface area (Å²) >= 11 is 4.87. The molecule has 2 heterocycles. The maximum Gasteiger partial charge on any atom is 0.349 e.